The number of rotatable bonds is 7. The molecule has 1 aromatic carbocycles. The lowest BCUT2D eigenvalue weighted by atomic mass is 10.0. The summed E-state index contributed by atoms with van der Waals surface area (Å²) in [6, 6.07) is 8.43. The summed E-state index contributed by atoms with van der Waals surface area (Å²) in [5, 5.41) is 1.19. The molecule has 0 aliphatic rings. The Bertz CT molecular complexity index is 549. The van der Waals surface area contributed by atoms with Crippen LogP contribution in [0.25, 0.3) is 11.0 Å². The summed E-state index contributed by atoms with van der Waals surface area (Å²) in [6.07, 6.45) is 1.88. The van der Waals surface area contributed by atoms with Gasteiger partial charge >= 0.3 is 0 Å². The fraction of sp³-hybridized carbons (Fsp3) is 0.556. The Morgan fingerprint density at radius 1 is 1.05 bits per heavy atom. The normalized spacial score (nSPS) is 13.7. The van der Waals surface area contributed by atoms with Gasteiger partial charge in [0.25, 0.3) is 0 Å². The fourth-order valence-electron chi connectivity index (χ4n) is 3.00. The third-order valence-electron chi connectivity index (χ3n) is 3.73. The molecule has 3 nitrogen and oxygen atoms in total. The number of hydrogen-bond acceptors (Lipinski definition) is 3. The van der Waals surface area contributed by atoms with Crippen LogP contribution in [0.1, 0.15) is 39.3 Å². The zero-order valence-corrected chi connectivity index (χ0v) is 13.7. The summed E-state index contributed by atoms with van der Waals surface area (Å²) >= 11 is 0. The van der Waals surface area contributed by atoms with Crippen LogP contribution in [0.5, 0.6) is 0 Å². The van der Waals surface area contributed by atoms with Crippen LogP contribution in [0.4, 0.5) is 0 Å². The molecule has 0 amide bonds. The molecule has 0 aliphatic heterocycles. The second kappa shape index (κ2) is 7.10. The van der Waals surface area contributed by atoms with Crippen molar-refractivity contribution in [3.63, 3.8) is 0 Å². The number of nitrogens with two attached hydrogens (primary N) is 1. The topological polar surface area (TPSA) is 42.4 Å². The van der Waals surface area contributed by atoms with Gasteiger partial charge in [0.05, 0.1) is 12.3 Å². The van der Waals surface area contributed by atoms with Gasteiger partial charge < -0.3 is 10.2 Å². The van der Waals surface area contributed by atoms with Gasteiger partial charge in [0.2, 0.25) is 0 Å². The predicted octanol–water partition coefficient (Wildman–Crippen LogP) is 4.05. The number of hydrogen-bond donors (Lipinski definition) is 1. The summed E-state index contributed by atoms with van der Waals surface area (Å²) in [6.45, 7) is 11.8. The zero-order valence-electron chi connectivity index (χ0n) is 13.7. The van der Waals surface area contributed by atoms with Gasteiger partial charge in [-0.1, -0.05) is 45.9 Å². The molecular formula is C18H28N2O. The van der Waals surface area contributed by atoms with E-state index < -0.39 is 0 Å². The Balaban J connectivity index is 2.34. The quantitative estimate of drug-likeness (QED) is 0.836. The molecule has 2 rings (SSSR count). The van der Waals surface area contributed by atoms with Gasteiger partial charge in [-0.3, -0.25) is 4.90 Å². The van der Waals surface area contributed by atoms with Crippen LogP contribution in [0.2, 0.25) is 0 Å². The second-order valence-electron chi connectivity index (χ2n) is 6.68. The van der Waals surface area contributed by atoms with Crippen LogP contribution in [0.15, 0.2) is 34.9 Å². The molecule has 0 bridgehead atoms. The van der Waals surface area contributed by atoms with Crippen LogP contribution in [0.3, 0.4) is 0 Å². The number of nitrogens with zero attached hydrogens (tertiary/aromatic N) is 1. The number of benzene rings is 1. The molecule has 0 fully saturated rings. The van der Waals surface area contributed by atoms with Gasteiger partial charge in [-0.05, 0) is 17.9 Å². The molecule has 21 heavy (non-hydrogen) atoms. The molecule has 0 aliphatic carbocycles. The van der Waals surface area contributed by atoms with Crippen molar-refractivity contribution >= 4 is 11.0 Å². The zero-order chi connectivity index (χ0) is 15.4. The van der Waals surface area contributed by atoms with Crippen LogP contribution in [-0.2, 0) is 0 Å². The lowest BCUT2D eigenvalue weighted by molar-refractivity contribution is 0.160. The van der Waals surface area contributed by atoms with Crippen molar-refractivity contribution in [3.8, 4) is 0 Å². The van der Waals surface area contributed by atoms with E-state index in [2.05, 4.69) is 44.7 Å². The average molecular weight is 288 g/mol. The summed E-state index contributed by atoms with van der Waals surface area (Å²) < 4.78 is 5.71. The van der Waals surface area contributed by atoms with Crippen LogP contribution in [-0.4, -0.2) is 24.5 Å². The number of fused-ring (bicyclic) bond motifs is 1. The first-order valence-electron chi connectivity index (χ1n) is 7.93. The van der Waals surface area contributed by atoms with Crippen molar-refractivity contribution in [3.05, 3.63) is 36.1 Å². The summed E-state index contributed by atoms with van der Waals surface area (Å²) in [5.74, 6) is 1.24. The molecule has 3 heteroatoms. The summed E-state index contributed by atoms with van der Waals surface area (Å²) in [4.78, 5) is 2.51. The molecule has 1 heterocycles. The molecule has 0 saturated carbocycles. The first kappa shape index (κ1) is 16.1. The molecule has 2 aromatic rings. The molecule has 0 radical (unpaired) electrons. The standard InChI is InChI=1S/C18H28N2O/c1-13(2)10-20(11-14(3)4)17(9-19)16-12-21-18-8-6-5-7-15(16)18/h5-8,12-14,17H,9-11,19H2,1-4H3. The van der Waals surface area contributed by atoms with Crippen molar-refractivity contribution in [1.29, 1.82) is 0 Å². The highest BCUT2D eigenvalue weighted by molar-refractivity contribution is 5.81. The lowest BCUT2D eigenvalue weighted by Gasteiger charge is -2.33. The van der Waals surface area contributed by atoms with Crippen molar-refractivity contribution in [2.45, 2.75) is 33.7 Å². The molecule has 116 valence electrons. The Kier molecular flexibility index (Phi) is 5.43. The third kappa shape index (κ3) is 3.86. The van der Waals surface area contributed by atoms with E-state index in [1.54, 1.807) is 0 Å². The molecule has 1 atom stereocenters. The van der Waals surface area contributed by atoms with Crippen molar-refractivity contribution in [2.75, 3.05) is 19.6 Å². The third-order valence-corrected chi connectivity index (χ3v) is 3.73. The number of furan rings is 1. The minimum atomic E-state index is 0.221. The maximum atomic E-state index is 6.12. The summed E-state index contributed by atoms with van der Waals surface area (Å²) in [5.41, 5.74) is 8.29. The highest BCUT2D eigenvalue weighted by atomic mass is 16.3. The van der Waals surface area contributed by atoms with E-state index >= 15 is 0 Å². The maximum Gasteiger partial charge on any atom is 0.134 e. The van der Waals surface area contributed by atoms with Gasteiger partial charge in [0, 0.05) is 30.6 Å². The van der Waals surface area contributed by atoms with Gasteiger partial charge in [-0.2, -0.15) is 0 Å². The maximum absolute atomic E-state index is 6.12. The van der Waals surface area contributed by atoms with Gasteiger partial charge in [-0.25, -0.2) is 0 Å². The Morgan fingerprint density at radius 3 is 2.24 bits per heavy atom. The van der Waals surface area contributed by atoms with Gasteiger partial charge in [-0.15, -0.1) is 0 Å². The molecule has 0 spiro atoms. The fourth-order valence-corrected chi connectivity index (χ4v) is 3.00. The minimum absolute atomic E-state index is 0.221. The Labute approximate surface area is 128 Å². The smallest absolute Gasteiger partial charge is 0.134 e. The van der Waals surface area contributed by atoms with Crippen molar-refractivity contribution < 1.29 is 4.42 Å². The first-order chi connectivity index (χ1) is 10.0. The molecule has 1 unspecified atom stereocenters. The van der Waals surface area contributed by atoms with Crippen LogP contribution in [0, 0.1) is 11.8 Å². The van der Waals surface area contributed by atoms with Crippen molar-refractivity contribution in [1.82, 2.24) is 4.90 Å². The van der Waals surface area contributed by atoms with Crippen molar-refractivity contribution in [2.24, 2.45) is 17.6 Å². The van der Waals surface area contributed by atoms with E-state index in [-0.39, 0.29) is 6.04 Å². The second-order valence-corrected chi connectivity index (χ2v) is 6.68. The van der Waals surface area contributed by atoms with Crippen LogP contribution < -0.4 is 5.73 Å². The van der Waals surface area contributed by atoms with E-state index in [1.165, 1.54) is 10.9 Å². The lowest BCUT2D eigenvalue weighted by Crippen LogP contribution is -2.38. The van der Waals surface area contributed by atoms with E-state index in [9.17, 15) is 0 Å². The van der Waals surface area contributed by atoms with E-state index in [4.69, 9.17) is 10.2 Å². The monoisotopic (exact) mass is 288 g/mol. The van der Waals surface area contributed by atoms with Gasteiger partial charge in [0.15, 0.2) is 0 Å². The Hall–Kier alpha value is -1.32. The minimum Gasteiger partial charge on any atom is -0.464 e. The molecule has 1 aromatic heterocycles. The van der Waals surface area contributed by atoms with E-state index in [0.717, 1.165) is 18.7 Å². The average Bonchev–Trinajstić information content (AvgIpc) is 2.82. The molecule has 2 N–H and O–H groups in total. The molecule has 0 saturated heterocycles. The van der Waals surface area contributed by atoms with Crippen LogP contribution >= 0.6 is 0 Å². The Morgan fingerprint density at radius 2 is 1.67 bits per heavy atom. The highest BCUT2D eigenvalue weighted by Gasteiger charge is 2.24. The van der Waals surface area contributed by atoms with E-state index in [1.807, 2.05) is 18.4 Å². The largest absolute Gasteiger partial charge is 0.464 e. The predicted molar refractivity (Wildman–Crippen MR) is 89.3 cm³/mol. The summed E-state index contributed by atoms with van der Waals surface area (Å²) in [7, 11) is 0. The number of para-hydroxylation sites is 1. The van der Waals surface area contributed by atoms with Gasteiger partial charge in [0.1, 0.15) is 5.58 Å². The SMILES string of the molecule is CC(C)CN(CC(C)C)C(CN)c1coc2ccccc12. The highest BCUT2D eigenvalue weighted by Crippen LogP contribution is 2.30. The van der Waals surface area contributed by atoms with E-state index in [0.29, 0.717) is 18.4 Å². The molecular weight excluding hydrogens is 260 g/mol. The first-order valence-corrected chi connectivity index (χ1v) is 7.93.